The smallest absolute Gasteiger partial charge is 0.250 e. The van der Waals surface area contributed by atoms with E-state index < -0.39 is 0 Å². The van der Waals surface area contributed by atoms with Crippen molar-refractivity contribution in [3.63, 3.8) is 0 Å². The predicted octanol–water partition coefficient (Wildman–Crippen LogP) is -0.0153. The van der Waals surface area contributed by atoms with E-state index in [1.165, 1.54) is 6.07 Å². The van der Waals surface area contributed by atoms with Crippen LogP contribution in [-0.2, 0) is 11.3 Å². The van der Waals surface area contributed by atoms with E-state index in [-0.39, 0.29) is 11.5 Å². The normalized spacial score (nSPS) is 16.9. The van der Waals surface area contributed by atoms with Crippen molar-refractivity contribution < 1.29 is 4.79 Å². The third kappa shape index (κ3) is 3.84. The lowest BCUT2D eigenvalue weighted by Crippen LogP contribution is -2.35. The molecular weight excluding hydrogens is 256 g/mol. The van der Waals surface area contributed by atoms with Gasteiger partial charge in [-0.1, -0.05) is 0 Å². The maximum Gasteiger partial charge on any atom is 0.250 e. The van der Waals surface area contributed by atoms with E-state index in [0.29, 0.717) is 12.2 Å². The highest BCUT2D eigenvalue weighted by Gasteiger charge is 2.16. The second-order valence-corrected chi connectivity index (χ2v) is 5.20. The molecule has 1 saturated heterocycles. The van der Waals surface area contributed by atoms with E-state index in [2.05, 4.69) is 4.90 Å². The van der Waals surface area contributed by atoms with Gasteiger partial charge in [0.1, 0.15) is 0 Å². The molecule has 110 valence electrons. The van der Waals surface area contributed by atoms with Crippen LogP contribution in [0.1, 0.15) is 13.3 Å². The summed E-state index contributed by atoms with van der Waals surface area (Å²) in [5.74, 6) is 0.138. The van der Waals surface area contributed by atoms with E-state index >= 15 is 0 Å². The Kier molecular flexibility index (Phi) is 4.79. The van der Waals surface area contributed by atoms with Crippen molar-refractivity contribution >= 4 is 11.6 Å². The minimum atomic E-state index is -0.0283. The summed E-state index contributed by atoms with van der Waals surface area (Å²) in [4.78, 5) is 27.2. The lowest BCUT2D eigenvalue weighted by atomic mass is 10.3. The van der Waals surface area contributed by atoms with Crippen molar-refractivity contribution in [1.82, 2.24) is 14.4 Å². The van der Waals surface area contributed by atoms with Crippen LogP contribution in [0, 0.1) is 0 Å². The third-order valence-corrected chi connectivity index (χ3v) is 3.70. The largest absolute Gasteiger partial charge is 0.398 e. The molecule has 0 unspecified atom stereocenters. The third-order valence-electron chi connectivity index (χ3n) is 3.70. The molecule has 0 bridgehead atoms. The Morgan fingerprint density at radius 3 is 2.75 bits per heavy atom. The van der Waals surface area contributed by atoms with Gasteiger partial charge in [-0.3, -0.25) is 14.5 Å². The Balaban J connectivity index is 1.89. The molecule has 20 heavy (non-hydrogen) atoms. The number of carbonyl (C=O) groups is 1. The number of nitrogen functional groups attached to an aromatic ring is 1. The van der Waals surface area contributed by atoms with Crippen LogP contribution in [0.3, 0.4) is 0 Å². The van der Waals surface area contributed by atoms with Crippen molar-refractivity contribution in [3.8, 4) is 0 Å². The molecule has 0 aromatic carbocycles. The van der Waals surface area contributed by atoms with Crippen LogP contribution in [0.15, 0.2) is 23.1 Å². The number of anilines is 1. The highest BCUT2D eigenvalue weighted by Crippen LogP contribution is 2.04. The zero-order chi connectivity index (χ0) is 14.5. The summed E-state index contributed by atoms with van der Waals surface area (Å²) in [7, 11) is 0. The molecule has 1 aliphatic heterocycles. The molecule has 2 rings (SSSR count). The minimum Gasteiger partial charge on any atom is -0.398 e. The molecule has 0 saturated carbocycles. The van der Waals surface area contributed by atoms with Crippen LogP contribution in [-0.4, -0.2) is 53.0 Å². The van der Waals surface area contributed by atoms with E-state index in [9.17, 15) is 9.59 Å². The van der Waals surface area contributed by atoms with Crippen LogP contribution >= 0.6 is 0 Å². The molecule has 0 radical (unpaired) electrons. The molecule has 1 aromatic rings. The summed E-state index contributed by atoms with van der Waals surface area (Å²) in [6.45, 7) is 6.45. The molecule has 0 aliphatic carbocycles. The van der Waals surface area contributed by atoms with Crippen molar-refractivity contribution in [2.24, 2.45) is 0 Å². The first-order valence-corrected chi connectivity index (χ1v) is 7.00. The fourth-order valence-electron chi connectivity index (χ4n) is 2.48. The molecule has 0 atom stereocenters. The molecular formula is C14H22N4O2. The Hall–Kier alpha value is -1.82. The quantitative estimate of drug-likeness (QED) is 0.844. The fraction of sp³-hybridized carbons (Fsp3) is 0.571. The number of hydrogen-bond acceptors (Lipinski definition) is 4. The van der Waals surface area contributed by atoms with E-state index in [0.717, 1.165) is 39.1 Å². The van der Waals surface area contributed by atoms with Gasteiger partial charge < -0.3 is 15.2 Å². The van der Waals surface area contributed by atoms with Gasteiger partial charge >= 0.3 is 0 Å². The molecule has 1 aromatic heterocycles. The topological polar surface area (TPSA) is 71.6 Å². The molecule has 1 aliphatic rings. The number of carbonyl (C=O) groups excluding carboxylic acids is 1. The first-order valence-electron chi connectivity index (χ1n) is 7.00. The zero-order valence-electron chi connectivity index (χ0n) is 11.9. The van der Waals surface area contributed by atoms with Gasteiger partial charge in [0.25, 0.3) is 5.56 Å². The Morgan fingerprint density at radius 1 is 1.20 bits per heavy atom. The standard InChI is InChI=1S/C14H22N4O2/c1-12(19)17-6-2-5-16(7-9-17)8-10-18-11-13(15)3-4-14(18)20/h3-4,11H,2,5-10,15H2,1H3. The second-order valence-electron chi connectivity index (χ2n) is 5.20. The van der Waals surface area contributed by atoms with Gasteiger partial charge in [-0.05, 0) is 19.0 Å². The lowest BCUT2D eigenvalue weighted by Gasteiger charge is -2.21. The van der Waals surface area contributed by atoms with Crippen molar-refractivity contribution in [3.05, 3.63) is 28.7 Å². The highest BCUT2D eigenvalue weighted by atomic mass is 16.2. The number of hydrogen-bond donors (Lipinski definition) is 1. The van der Waals surface area contributed by atoms with E-state index in [1.807, 2.05) is 4.90 Å². The summed E-state index contributed by atoms with van der Waals surface area (Å²) in [6.07, 6.45) is 2.66. The van der Waals surface area contributed by atoms with Crippen LogP contribution in [0.5, 0.6) is 0 Å². The number of rotatable bonds is 3. The Labute approximate surface area is 118 Å². The molecule has 2 heterocycles. The first-order chi connectivity index (χ1) is 9.56. The van der Waals surface area contributed by atoms with Gasteiger partial charge in [0.15, 0.2) is 0 Å². The number of nitrogens with two attached hydrogens (primary N) is 1. The predicted molar refractivity (Wildman–Crippen MR) is 78.4 cm³/mol. The average Bonchev–Trinajstić information content (AvgIpc) is 2.65. The number of nitrogens with zero attached hydrogens (tertiary/aromatic N) is 3. The maximum atomic E-state index is 11.7. The summed E-state index contributed by atoms with van der Waals surface area (Å²) in [6, 6.07) is 3.12. The fourth-order valence-corrected chi connectivity index (χ4v) is 2.48. The molecule has 1 amide bonds. The van der Waals surface area contributed by atoms with Crippen LogP contribution in [0.4, 0.5) is 5.69 Å². The average molecular weight is 278 g/mol. The minimum absolute atomic E-state index is 0.0283. The van der Waals surface area contributed by atoms with Crippen LogP contribution < -0.4 is 11.3 Å². The summed E-state index contributed by atoms with van der Waals surface area (Å²) in [5, 5.41) is 0. The number of amides is 1. The number of aromatic nitrogens is 1. The number of pyridine rings is 1. The SMILES string of the molecule is CC(=O)N1CCCN(CCn2cc(N)ccc2=O)CC1. The molecule has 2 N–H and O–H groups in total. The zero-order valence-corrected chi connectivity index (χ0v) is 11.9. The molecule has 6 nitrogen and oxygen atoms in total. The van der Waals surface area contributed by atoms with Crippen molar-refractivity contribution in [2.45, 2.75) is 19.9 Å². The van der Waals surface area contributed by atoms with Crippen molar-refractivity contribution in [1.29, 1.82) is 0 Å². The Bertz CT molecular complexity index is 526. The van der Waals surface area contributed by atoms with E-state index in [1.54, 1.807) is 23.8 Å². The van der Waals surface area contributed by atoms with E-state index in [4.69, 9.17) is 5.73 Å². The lowest BCUT2D eigenvalue weighted by molar-refractivity contribution is -0.128. The Morgan fingerprint density at radius 2 is 2.00 bits per heavy atom. The monoisotopic (exact) mass is 278 g/mol. The van der Waals surface area contributed by atoms with Gasteiger partial charge in [-0.15, -0.1) is 0 Å². The maximum absolute atomic E-state index is 11.7. The first kappa shape index (κ1) is 14.6. The summed E-state index contributed by atoms with van der Waals surface area (Å²) < 4.78 is 1.64. The molecule has 1 fully saturated rings. The highest BCUT2D eigenvalue weighted by molar-refractivity contribution is 5.73. The second kappa shape index (κ2) is 6.56. The van der Waals surface area contributed by atoms with Crippen LogP contribution in [0.25, 0.3) is 0 Å². The van der Waals surface area contributed by atoms with Gasteiger partial charge in [-0.2, -0.15) is 0 Å². The van der Waals surface area contributed by atoms with Gasteiger partial charge in [0, 0.05) is 57.6 Å². The molecule has 6 heteroatoms. The summed E-state index contributed by atoms with van der Waals surface area (Å²) >= 11 is 0. The van der Waals surface area contributed by atoms with Crippen LogP contribution in [0.2, 0.25) is 0 Å². The van der Waals surface area contributed by atoms with Gasteiger partial charge in [0.05, 0.1) is 0 Å². The van der Waals surface area contributed by atoms with Gasteiger partial charge in [-0.25, -0.2) is 0 Å². The van der Waals surface area contributed by atoms with Crippen molar-refractivity contribution in [2.75, 3.05) is 38.5 Å². The summed E-state index contributed by atoms with van der Waals surface area (Å²) in [5.41, 5.74) is 6.27. The van der Waals surface area contributed by atoms with Gasteiger partial charge in [0.2, 0.25) is 5.91 Å². The molecule has 0 spiro atoms.